The average molecular weight is 398 g/mol. The van der Waals surface area contributed by atoms with Crippen LogP contribution in [-0.4, -0.2) is 31.3 Å². The lowest BCUT2D eigenvalue weighted by Gasteiger charge is -2.25. The second-order valence-electron chi connectivity index (χ2n) is 5.19. The number of benzene rings is 1. The number of ether oxygens (including phenoxy) is 2. The Balaban J connectivity index is 2.78. The van der Waals surface area contributed by atoms with Crippen LogP contribution in [0.15, 0.2) is 41.8 Å². The minimum Gasteiger partial charge on any atom is -0.504 e. The molecular weight excluding hydrogens is 381 g/mol. The maximum absolute atomic E-state index is 12.4. The van der Waals surface area contributed by atoms with E-state index in [1.807, 2.05) is 6.92 Å². The van der Waals surface area contributed by atoms with Crippen molar-refractivity contribution in [3.05, 3.63) is 57.4 Å². The molecule has 0 amide bonds. The van der Waals surface area contributed by atoms with Crippen LogP contribution in [0.4, 0.5) is 5.69 Å². The molecule has 0 saturated heterocycles. The summed E-state index contributed by atoms with van der Waals surface area (Å²) >= 11 is 12.5. The number of allylic oxidation sites excluding steroid dienone is 2. The molecule has 0 spiro atoms. The minimum atomic E-state index is -0.798. The maximum Gasteiger partial charge on any atom is 0.355 e. The number of hydrogen-bond acceptors (Lipinski definition) is 6. The van der Waals surface area contributed by atoms with Crippen molar-refractivity contribution in [2.45, 2.75) is 13.3 Å². The smallest absolute Gasteiger partial charge is 0.355 e. The molecule has 0 aliphatic carbocycles. The van der Waals surface area contributed by atoms with E-state index >= 15 is 0 Å². The Labute approximate surface area is 160 Å². The molecule has 1 aliphatic rings. The quantitative estimate of drug-likeness (QED) is 0.779. The summed E-state index contributed by atoms with van der Waals surface area (Å²) in [4.78, 5) is 25.8. The monoisotopic (exact) mass is 397 g/mol. The Bertz CT molecular complexity index is 842. The summed E-state index contributed by atoms with van der Waals surface area (Å²) in [5.41, 5.74) is 0.508. The van der Waals surface area contributed by atoms with Crippen molar-refractivity contribution < 1.29 is 24.2 Å². The fourth-order valence-electron chi connectivity index (χ4n) is 2.49. The van der Waals surface area contributed by atoms with Gasteiger partial charge in [0, 0.05) is 11.2 Å². The molecule has 1 aliphatic heterocycles. The zero-order valence-corrected chi connectivity index (χ0v) is 15.9. The molecule has 26 heavy (non-hydrogen) atoms. The van der Waals surface area contributed by atoms with Gasteiger partial charge in [-0.15, -0.1) is 0 Å². The standard InChI is InChI=1S/C18H17Cl2NO5/c1-4-10-12(19)9-13(16(22)14(10)20)21-8-6-5-7-11(17(23)25-2)15(21)18(24)26-3/h5-9,22H,4H2,1-3H3. The Morgan fingerprint density at radius 2 is 1.81 bits per heavy atom. The van der Waals surface area contributed by atoms with Crippen LogP contribution in [0.25, 0.3) is 0 Å². The molecule has 0 atom stereocenters. The number of carbonyl (C=O) groups is 2. The summed E-state index contributed by atoms with van der Waals surface area (Å²) in [6, 6.07) is 1.47. The van der Waals surface area contributed by atoms with E-state index < -0.39 is 11.9 Å². The van der Waals surface area contributed by atoms with Gasteiger partial charge in [0.2, 0.25) is 0 Å². The second-order valence-corrected chi connectivity index (χ2v) is 5.97. The number of nitrogens with zero attached hydrogens (tertiary/aromatic N) is 1. The molecule has 0 unspecified atom stereocenters. The van der Waals surface area contributed by atoms with Crippen LogP contribution in [0, 0.1) is 0 Å². The summed E-state index contributed by atoms with van der Waals surface area (Å²) in [6.07, 6.45) is 6.53. The molecule has 0 aromatic heterocycles. The summed E-state index contributed by atoms with van der Waals surface area (Å²) in [5, 5.41) is 10.9. The summed E-state index contributed by atoms with van der Waals surface area (Å²) in [6.45, 7) is 1.84. The van der Waals surface area contributed by atoms with E-state index in [1.165, 1.54) is 37.5 Å². The SMILES string of the molecule is CCc1c(Cl)cc(N2C=CC=CC(C(=O)OC)=C2C(=O)OC)c(O)c1Cl. The summed E-state index contributed by atoms with van der Waals surface area (Å²) in [7, 11) is 2.38. The van der Waals surface area contributed by atoms with Crippen LogP contribution in [0.5, 0.6) is 5.75 Å². The van der Waals surface area contributed by atoms with Crippen molar-refractivity contribution in [2.75, 3.05) is 19.1 Å². The van der Waals surface area contributed by atoms with E-state index in [0.29, 0.717) is 17.0 Å². The van der Waals surface area contributed by atoms with Gasteiger partial charge >= 0.3 is 11.9 Å². The molecule has 0 fully saturated rings. The van der Waals surface area contributed by atoms with E-state index in [2.05, 4.69) is 0 Å². The van der Waals surface area contributed by atoms with Crippen molar-refractivity contribution in [3.8, 4) is 5.75 Å². The van der Waals surface area contributed by atoms with Crippen LogP contribution in [0.3, 0.4) is 0 Å². The number of carbonyl (C=O) groups excluding carboxylic acids is 2. The minimum absolute atomic E-state index is 0.0458. The van der Waals surface area contributed by atoms with Gasteiger partial charge in [0.25, 0.3) is 0 Å². The van der Waals surface area contributed by atoms with Crippen molar-refractivity contribution in [1.29, 1.82) is 0 Å². The number of methoxy groups -OCH3 is 2. The van der Waals surface area contributed by atoms with Crippen LogP contribution < -0.4 is 4.90 Å². The number of esters is 2. The Kier molecular flexibility index (Phi) is 6.34. The largest absolute Gasteiger partial charge is 0.504 e. The first-order chi connectivity index (χ1) is 12.4. The zero-order valence-electron chi connectivity index (χ0n) is 14.4. The molecule has 1 heterocycles. The predicted octanol–water partition coefficient (Wildman–Crippen LogP) is 3.75. The van der Waals surface area contributed by atoms with Crippen LogP contribution in [-0.2, 0) is 25.5 Å². The first kappa shape index (κ1) is 19.9. The first-order valence-electron chi connectivity index (χ1n) is 7.62. The Hall–Kier alpha value is -2.44. The molecule has 0 radical (unpaired) electrons. The van der Waals surface area contributed by atoms with E-state index in [9.17, 15) is 14.7 Å². The van der Waals surface area contributed by atoms with Gasteiger partial charge < -0.3 is 19.5 Å². The van der Waals surface area contributed by atoms with E-state index in [4.69, 9.17) is 32.7 Å². The van der Waals surface area contributed by atoms with Crippen LogP contribution in [0.2, 0.25) is 10.0 Å². The van der Waals surface area contributed by atoms with Gasteiger partial charge in [-0.25, -0.2) is 9.59 Å². The summed E-state index contributed by atoms with van der Waals surface area (Å²) in [5.74, 6) is -1.81. The van der Waals surface area contributed by atoms with Crippen LogP contribution >= 0.6 is 23.2 Å². The number of hydrogen-bond donors (Lipinski definition) is 1. The highest BCUT2D eigenvalue weighted by Crippen LogP contribution is 2.43. The zero-order chi connectivity index (χ0) is 19.4. The number of halogens is 2. The van der Waals surface area contributed by atoms with Crippen LogP contribution in [0.1, 0.15) is 12.5 Å². The first-order valence-corrected chi connectivity index (χ1v) is 8.37. The normalized spacial score (nSPS) is 13.7. The molecule has 2 rings (SSSR count). The van der Waals surface area contributed by atoms with Crippen molar-refractivity contribution in [2.24, 2.45) is 0 Å². The number of aromatic hydroxyl groups is 1. The van der Waals surface area contributed by atoms with Gasteiger partial charge in [0.15, 0.2) is 5.75 Å². The highest BCUT2D eigenvalue weighted by atomic mass is 35.5. The van der Waals surface area contributed by atoms with Crippen molar-refractivity contribution in [1.82, 2.24) is 0 Å². The number of rotatable bonds is 4. The van der Waals surface area contributed by atoms with E-state index in [1.54, 1.807) is 12.2 Å². The Morgan fingerprint density at radius 3 is 2.38 bits per heavy atom. The molecule has 8 heteroatoms. The van der Waals surface area contributed by atoms with Gasteiger partial charge in [-0.2, -0.15) is 0 Å². The topological polar surface area (TPSA) is 76.1 Å². The predicted molar refractivity (Wildman–Crippen MR) is 99.3 cm³/mol. The molecule has 0 bridgehead atoms. The van der Waals surface area contributed by atoms with Gasteiger partial charge in [0.05, 0.1) is 30.5 Å². The fraction of sp³-hybridized carbons (Fsp3) is 0.222. The third-order valence-electron chi connectivity index (χ3n) is 3.77. The fourth-order valence-corrected chi connectivity index (χ4v) is 3.21. The number of anilines is 1. The second kappa shape index (κ2) is 8.29. The van der Waals surface area contributed by atoms with Gasteiger partial charge in [-0.05, 0) is 30.2 Å². The van der Waals surface area contributed by atoms with E-state index in [0.717, 1.165) is 0 Å². The average Bonchev–Trinajstić information content (AvgIpc) is 2.86. The lowest BCUT2D eigenvalue weighted by molar-refractivity contribution is -0.139. The van der Waals surface area contributed by atoms with Crippen molar-refractivity contribution >= 4 is 40.8 Å². The van der Waals surface area contributed by atoms with Gasteiger partial charge in [-0.1, -0.05) is 36.2 Å². The third-order valence-corrected chi connectivity index (χ3v) is 4.51. The van der Waals surface area contributed by atoms with Gasteiger partial charge in [0.1, 0.15) is 5.70 Å². The maximum atomic E-state index is 12.4. The molecule has 1 aromatic rings. The molecule has 6 nitrogen and oxygen atoms in total. The lowest BCUT2D eigenvalue weighted by Crippen LogP contribution is -2.27. The molecule has 1 N–H and O–H groups in total. The molecule has 138 valence electrons. The molecule has 0 saturated carbocycles. The van der Waals surface area contributed by atoms with Crippen molar-refractivity contribution in [3.63, 3.8) is 0 Å². The number of phenols is 1. The Morgan fingerprint density at radius 1 is 1.15 bits per heavy atom. The highest BCUT2D eigenvalue weighted by molar-refractivity contribution is 6.37. The lowest BCUT2D eigenvalue weighted by atomic mass is 10.1. The highest BCUT2D eigenvalue weighted by Gasteiger charge is 2.30. The summed E-state index contributed by atoms with van der Waals surface area (Å²) < 4.78 is 9.55. The molecule has 1 aromatic carbocycles. The van der Waals surface area contributed by atoms with E-state index in [-0.39, 0.29) is 27.7 Å². The third kappa shape index (κ3) is 3.57. The number of phenolic OH excluding ortho intramolecular Hbond substituents is 1. The van der Waals surface area contributed by atoms with Gasteiger partial charge in [-0.3, -0.25) is 0 Å². The molecular formula is C18H17Cl2NO5.